The third-order valence-electron chi connectivity index (χ3n) is 2.49. The molecule has 0 bridgehead atoms. The van der Waals surface area contributed by atoms with E-state index in [1.807, 2.05) is 22.9 Å². The minimum absolute atomic E-state index is 0.764. The van der Waals surface area contributed by atoms with Gasteiger partial charge < -0.3 is 5.32 Å². The first-order chi connectivity index (χ1) is 8.72. The molecule has 0 fully saturated rings. The van der Waals surface area contributed by atoms with Gasteiger partial charge in [0.15, 0.2) is 0 Å². The number of nitrogens with one attached hydrogen (secondary N) is 1. The first-order valence-electron chi connectivity index (χ1n) is 5.78. The molecule has 0 amide bonds. The van der Waals surface area contributed by atoms with Crippen LogP contribution in [0, 0.1) is 0 Å². The van der Waals surface area contributed by atoms with E-state index in [1.54, 1.807) is 6.20 Å². The maximum atomic E-state index is 4.14. The van der Waals surface area contributed by atoms with Gasteiger partial charge in [0.05, 0.1) is 17.6 Å². The summed E-state index contributed by atoms with van der Waals surface area (Å²) >= 11 is 7.01. The molecule has 1 aromatic heterocycles. The third kappa shape index (κ3) is 3.18. The maximum Gasteiger partial charge on any atom is 0.0820 e. The summed E-state index contributed by atoms with van der Waals surface area (Å²) < 4.78 is 3.86. The van der Waals surface area contributed by atoms with Crippen LogP contribution in [0.4, 0.5) is 0 Å². The summed E-state index contributed by atoms with van der Waals surface area (Å²) in [6.07, 6.45) is 2.90. The van der Waals surface area contributed by atoms with Crippen molar-refractivity contribution in [2.24, 2.45) is 0 Å². The van der Waals surface area contributed by atoms with Crippen LogP contribution in [0.25, 0.3) is 5.69 Å². The van der Waals surface area contributed by atoms with Gasteiger partial charge in [-0.2, -0.15) is 0 Å². The number of hydrogen-bond donors (Lipinski definition) is 1. The molecule has 0 unspecified atom stereocenters. The van der Waals surface area contributed by atoms with Gasteiger partial charge in [-0.05, 0) is 47.1 Å². The normalized spacial score (nSPS) is 10.8. The van der Waals surface area contributed by atoms with Gasteiger partial charge in [0.2, 0.25) is 0 Å². The second-order valence-electron chi connectivity index (χ2n) is 3.91. The Kier molecular flexibility index (Phi) is 4.91. The molecular weight excluding hydrogens is 360 g/mol. The number of halogens is 2. The molecule has 96 valence electrons. The predicted octanol–water partition coefficient (Wildman–Crippen LogP) is 3.29. The average Bonchev–Trinajstić information content (AvgIpc) is 2.81. The Morgan fingerprint density at radius 2 is 2.17 bits per heavy atom. The molecule has 1 N–H and O–H groups in total. The van der Waals surface area contributed by atoms with Crippen LogP contribution >= 0.6 is 31.9 Å². The summed E-state index contributed by atoms with van der Waals surface area (Å²) in [5.41, 5.74) is 2.03. The topological polar surface area (TPSA) is 42.7 Å². The third-order valence-corrected chi connectivity index (χ3v) is 3.65. The van der Waals surface area contributed by atoms with Crippen LogP contribution in [0.15, 0.2) is 33.3 Å². The van der Waals surface area contributed by atoms with Crippen LogP contribution in [0.2, 0.25) is 0 Å². The zero-order chi connectivity index (χ0) is 13.0. The van der Waals surface area contributed by atoms with Crippen molar-refractivity contribution in [1.82, 2.24) is 20.3 Å². The smallest absolute Gasteiger partial charge is 0.0820 e. The van der Waals surface area contributed by atoms with E-state index in [1.165, 1.54) is 0 Å². The molecule has 18 heavy (non-hydrogen) atoms. The highest BCUT2D eigenvalue weighted by molar-refractivity contribution is 9.11. The lowest BCUT2D eigenvalue weighted by Gasteiger charge is -2.09. The Balaban J connectivity index is 2.27. The van der Waals surface area contributed by atoms with E-state index >= 15 is 0 Å². The number of benzene rings is 1. The molecule has 0 atom stereocenters. The van der Waals surface area contributed by atoms with Gasteiger partial charge in [0, 0.05) is 15.5 Å². The fourth-order valence-electron chi connectivity index (χ4n) is 1.62. The molecule has 0 saturated carbocycles. The SMILES string of the molecule is CCCNCc1cnnn1-c1cc(Br)ccc1Br. The van der Waals surface area contributed by atoms with Crippen LogP contribution in [-0.2, 0) is 6.54 Å². The predicted molar refractivity (Wildman–Crippen MR) is 78.8 cm³/mol. The number of hydrogen-bond acceptors (Lipinski definition) is 3. The van der Waals surface area contributed by atoms with E-state index in [9.17, 15) is 0 Å². The Hall–Kier alpha value is -0.720. The number of rotatable bonds is 5. The molecule has 0 aliphatic heterocycles. The molecule has 2 rings (SSSR count). The Bertz CT molecular complexity index is 525. The van der Waals surface area contributed by atoms with Crippen molar-refractivity contribution in [1.29, 1.82) is 0 Å². The monoisotopic (exact) mass is 372 g/mol. The standard InChI is InChI=1S/C12H14Br2N4/c1-2-5-15-7-10-8-16-17-18(10)12-6-9(13)3-4-11(12)14/h3-4,6,8,15H,2,5,7H2,1H3. The van der Waals surface area contributed by atoms with E-state index in [0.29, 0.717) is 0 Å². The summed E-state index contributed by atoms with van der Waals surface area (Å²) in [6, 6.07) is 5.99. The Morgan fingerprint density at radius 1 is 1.33 bits per heavy atom. The van der Waals surface area contributed by atoms with Gasteiger partial charge in [-0.3, -0.25) is 0 Å². The van der Waals surface area contributed by atoms with Gasteiger partial charge >= 0.3 is 0 Å². The lowest BCUT2D eigenvalue weighted by Crippen LogP contribution is -2.17. The second-order valence-corrected chi connectivity index (χ2v) is 5.68. The van der Waals surface area contributed by atoms with Crippen molar-refractivity contribution < 1.29 is 0 Å². The molecule has 0 saturated heterocycles. The van der Waals surface area contributed by atoms with E-state index in [-0.39, 0.29) is 0 Å². The highest BCUT2D eigenvalue weighted by atomic mass is 79.9. The number of nitrogens with zero attached hydrogens (tertiary/aromatic N) is 3. The molecule has 0 spiro atoms. The summed E-state index contributed by atoms with van der Waals surface area (Å²) in [6.45, 7) is 3.90. The molecule has 1 heterocycles. The summed E-state index contributed by atoms with van der Waals surface area (Å²) in [5.74, 6) is 0. The molecule has 2 aromatic rings. The van der Waals surface area contributed by atoms with Crippen LogP contribution in [0.5, 0.6) is 0 Å². The van der Waals surface area contributed by atoms with Crippen molar-refractivity contribution in [2.45, 2.75) is 19.9 Å². The zero-order valence-corrected chi connectivity index (χ0v) is 13.2. The molecule has 0 aliphatic carbocycles. The van der Waals surface area contributed by atoms with Crippen molar-refractivity contribution in [3.05, 3.63) is 39.0 Å². The minimum atomic E-state index is 0.764. The fourth-order valence-corrected chi connectivity index (χ4v) is 2.38. The van der Waals surface area contributed by atoms with Crippen molar-refractivity contribution in [3.63, 3.8) is 0 Å². The van der Waals surface area contributed by atoms with Crippen LogP contribution in [-0.4, -0.2) is 21.5 Å². The Morgan fingerprint density at radius 3 is 2.94 bits per heavy atom. The maximum absolute atomic E-state index is 4.14. The molecule has 4 nitrogen and oxygen atoms in total. The first kappa shape index (κ1) is 13.7. The quantitative estimate of drug-likeness (QED) is 0.817. The van der Waals surface area contributed by atoms with Gasteiger partial charge in [-0.25, -0.2) is 4.68 Å². The van der Waals surface area contributed by atoms with Gasteiger partial charge in [0.25, 0.3) is 0 Å². The van der Waals surface area contributed by atoms with Gasteiger partial charge in [-0.15, -0.1) is 5.10 Å². The first-order valence-corrected chi connectivity index (χ1v) is 7.36. The molecule has 0 radical (unpaired) electrons. The van der Waals surface area contributed by atoms with Crippen LogP contribution in [0.1, 0.15) is 19.0 Å². The lowest BCUT2D eigenvalue weighted by molar-refractivity contribution is 0.640. The summed E-state index contributed by atoms with van der Waals surface area (Å²) in [4.78, 5) is 0. The van der Waals surface area contributed by atoms with Crippen LogP contribution < -0.4 is 5.32 Å². The zero-order valence-electron chi connectivity index (χ0n) is 10.0. The van der Waals surface area contributed by atoms with Crippen molar-refractivity contribution in [3.8, 4) is 5.69 Å². The molecule has 1 aromatic carbocycles. The second kappa shape index (κ2) is 6.45. The molecule has 6 heteroatoms. The van der Waals surface area contributed by atoms with Crippen LogP contribution in [0.3, 0.4) is 0 Å². The highest BCUT2D eigenvalue weighted by Gasteiger charge is 2.09. The van der Waals surface area contributed by atoms with Gasteiger partial charge in [-0.1, -0.05) is 28.1 Å². The minimum Gasteiger partial charge on any atom is -0.311 e. The molecular formula is C12H14Br2N4. The van der Waals surface area contributed by atoms with Crippen molar-refractivity contribution >= 4 is 31.9 Å². The summed E-state index contributed by atoms with van der Waals surface area (Å²) in [5, 5.41) is 11.5. The summed E-state index contributed by atoms with van der Waals surface area (Å²) in [7, 11) is 0. The lowest BCUT2D eigenvalue weighted by atomic mass is 10.3. The highest BCUT2D eigenvalue weighted by Crippen LogP contribution is 2.25. The number of aromatic nitrogens is 3. The van der Waals surface area contributed by atoms with E-state index in [0.717, 1.165) is 39.8 Å². The Labute approximate surface area is 123 Å². The van der Waals surface area contributed by atoms with Gasteiger partial charge in [0.1, 0.15) is 0 Å². The fraction of sp³-hybridized carbons (Fsp3) is 0.333. The molecule has 0 aliphatic rings. The van der Waals surface area contributed by atoms with E-state index in [4.69, 9.17) is 0 Å². The average molecular weight is 374 g/mol. The largest absolute Gasteiger partial charge is 0.311 e. The van der Waals surface area contributed by atoms with E-state index in [2.05, 4.69) is 54.4 Å². The van der Waals surface area contributed by atoms with Crippen molar-refractivity contribution in [2.75, 3.05) is 6.54 Å². The van der Waals surface area contributed by atoms with E-state index < -0.39 is 0 Å².